The number of aromatic nitrogens is 1. The molecule has 1 atom stereocenters. The lowest BCUT2D eigenvalue weighted by atomic mass is 9.91. The summed E-state index contributed by atoms with van der Waals surface area (Å²) in [6.45, 7) is 8.03. The number of Topliss-reactive ketones (excluding diaryl/α,β-unsaturated/α-hetero) is 1. The third-order valence-corrected chi connectivity index (χ3v) is 7.18. The Balaban J connectivity index is 1.51. The second-order valence-electron chi connectivity index (χ2n) is 8.50. The first kappa shape index (κ1) is 22.0. The third-order valence-electron chi connectivity index (χ3n) is 6.24. The van der Waals surface area contributed by atoms with Crippen LogP contribution in [0.2, 0.25) is 0 Å². The summed E-state index contributed by atoms with van der Waals surface area (Å²) in [6.07, 6.45) is 0.892. The minimum atomic E-state index is -1.18. The van der Waals surface area contributed by atoms with Crippen LogP contribution < -0.4 is 5.32 Å². The molecule has 6 nitrogen and oxygen atoms in total. The lowest BCUT2D eigenvalue weighted by Crippen LogP contribution is -2.41. The normalized spacial score (nSPS) is 18.3. The molecule has 2 aromatic heterocycles. The van der Waals surface area contributed by atoms with Gasteiger partial charge in [-0.05, 0) is 57.2 Å². The molecule has 0 spiro atoms. The van der Waals surface area contributed by atoms with Crippen molar-refractivity contribution >= 4 is 29.1 Å². The van der Waals surface area contributed by atoms with Gasteiger partial charge in [0.25, 0.3) is 5.91 Å². The second-order valence-corrected chi connectivity index (χ2v) is 9.53. The van der Waals surface area contributed by atoms with Crippen LogP contribution in [0, 0.1) is 20.8 Å². The Labute approximate surface area is 191 Å². The molecule has 1 aliphatic rings. The lowest BCUT2D eigenvalue weighted by Gasteiger charge is -2.22. The lowest BCUT2D eigenvalue weighted by molar-refractivity contribution is -0.130. The fourth-order valence-electron chi connectivity index (χ4n) is 4.26. The van der Waals surface area contributed by atoms with Gasteiger partial charge in [0.05, 0.1) is 6.54 Å². The number of hydrogen-bond acceptors (Lipinski definition) is 4. The highest BCUT2D eigenvalue weighted by Crippen LogP contribution is 2.29. The monoisotopic (exact) mass is 449 g/mol. The van der Waals surface area contributed by atoms with E-state index in [1.54, 1.807) is 18.3 Å². The van der Waals surface area contributed by atoms with E-state index in [9.17, 15) is 14.4 Å². The molecule has 1 saturated heterocycles. The van der Waals surface area contributed by atoms with Gasteiger partial charge in [0.15, 0.2) is 5.78 Å². The molecule has 166 valence electrons. The van der Waals surface area contributed by atoms with Gasteiger partial charge in [0.2, 0.25) is 0 Å². The number of imide groups is 1. The highest BCUT2D eigenvalue weighted by Gasteiger charge is 2.49. The van der Waals surface area contributed by atoms with E-state index in [2.05, 4.69) is 21.3 Å². The Bertz CT molecular complexity index is 1180. The van der Waals surface area contributed by atoms with E-state index in [1.165, 1.54) is 4.88 Å². The van der Waals surface area contributed by atoms with E-state index in [4.69, 9.17) is 0 Å². The van der Waals surface area contributed by atoms with Gasteiger partial charge in [-0.25, -0.2) is 4.79 Å². The van der Waals surface area contributed by atoms with Crippen LogP contribution in [0.4, 0.5) is 4.79 Å². The van der Waals surface area contributed by atoms with Crippen molar-refractivity contribution in [3.05, 3.63) is 80.8 Å². The number of carbonyl (C=O) groups excluding carboxylic acids is 3. The van der Waals surface area contributed by atoms with E-state index in [-0.39, 0.29) is 12.3 Å². The zero-order chi connectivity index (χ0) is 23.0. The van der Waals surface area contributed by atoms with Crippen LogP contribution in [0.3, 0.4) is 0 Å². The van der Waals surface area contributed by atoms with Crippen LogP contribution in [0.15, 0.2) is 47.8 Å². The highest BCUT2D eigenvalue weighted by atomic mass is 32.1. The molecule has 32 heavy (non-hydrogen) atoms. The highest BCUT2D eigenvalue weighted by molar-refractivity contribution is 7.09. The molecule has 3 heterocycles. The van der Waals surface area contributed by atoms with Crippen LogP contribution >= 0.6 is 11.3 Å². The van der Waals surface area contributed by atoms with Crippen LogP contribution in [0.1, 0.15) is 44.7 Å². The van der Waals surface area contributed by atoms with Crippen LogP contribution in [0.5, 0.6) is 0 Å². The molecule has 1 aliphatic heterocycles. The summed E-state index contributed by atoms with van der Waals surface area (Å²) in [6, 6.07) is 12.9. The maximum absolute atomic E-state index is 13.2. The van der Waals surface area contributed by atoms with E-state index < -0.39 is 17.5 Å². The summed E-state index contributed by atoms with van der Waals surface area (Å²) in [5.41, 5.74) is 2.99. The molecule has 0 bridgehead atoms. The number of amides is 3. The zero-order valence-electron chi connectivity index (χ0n) is 18.8. The maximum Gasteiger partial charge on any atom is 0.325 e. The van der Waals surface area contributed by atoms with Crippen molar-refractivity contribution in [2.24, 2.45) is 0 Å². The standard InChI is InChI=1S/C25H27N3O3S/c1-16-7-9-19(10-8-16)25(4)23(30)28(24(31)26-25)15-22(29)21-14-17(2)27(18(21)3)12-11-20-6-5-13-32-20/h5-10,13-14H,11-12,15H2,1-4H3,(H,26,31). The van der Waals surface area contributed by atoms with Gasteiger partial charge in [-0.15, -0.1) is 11.3 Å². The number of thiophene rings is 1. The van der Waals surface area contributed by atoms with E-state index in [0.29, 0.717) is 11.1 Å². The van der Waals surface area contributed by atoms with Crippen molar-refractivity contribution in [2.45, 2.75) is 46.2 Å². The Morgan fingerprint density at radius 1 is 1.09 bits per heavy atom. The smallest absolute Gasteiger partial charge is 0.325 e. The number of benzene rings is 1. The number of hydrogen-bond donors (Lipinski definition) is 1. The molecule has 1 N–H and O–H groups in total. The van der Waals surface area contributed by atoms with Crippen molar-refractivity contribution in [3.8, 4) is 0 Å². The number of nitrogens with zero attached hydrogens (tertiary/aromatic N) is 2. The Kier molecular flexibility index (Phi) is 5.77. The quantitative estimate of drug-likeness (QED) is 0.430. The summed E-state index contributed by atoms with van der Waals surface area (Å²) in [4.78, 5) is 41.2. The van der Waals surface area contributed by atoms with Crippen LogP contribution in [0.25, 0.3) is 0 Å². The molecule has 1 aromatic carbocycles. The first-order valence-electron chi connectivity index (χ1n) is 10.6. The van der Waals surface area contributed by atoms with Gasteiger partial charge in [-0.1, -0.05) is 35.9 Å². The van der Waals surface area contributed by atoms with E-state index in [0.717, 1.165) is 34.8 Å². The number of ketones is 1. The van der Waals surface area contributed by atoms with Crippen LogP contribution in [-0.4, -0.2) is 33.7 Å². The maximum atomic E-state index is 13.2. The average Bonchev–Trinajstić information content (AvgIpc) is 3.42. The second kappa shape index (κ2) is 8.39. The largest absolute Gasteiger partial charge is 0.348 e. The number of rotatable bonds is 7. The molecule has 4 rings (SSSR count). The van der Waals surface area contributed by atoms with Crippen molar-refractivity contribution in [1.29, 1.82) is 0 Å². The molecule has 0 aliphatic carbocycles. The van der Waals surface area contributed by atoms with E-state index >= 15 is 0 Å². The van der Waals surface area contributed by atoms with Crippen molar-refractivity contribution in [3.63, 3.8) is 0 Å². The van der Waals surface area contributed by atoms with Gasteiger partial charge in [-0.3, -0.25) is 14.5 Å². The van der Waals surface area contributed by atoms with Crippen molar-refractivity contribution in [2.75, 3.05) is 6.54 Å². The molecule has 1 unspecified atom stereocenters. The molecular weight excluding hydrogens is 422 g/mol. The SMILES string of the molecule is Cc1ccc(C2(C)NC(=O)N(CC(=O)c3cc(C)n(CCc4cccs4)c3C)C2=O)cc1. The van der Waals surface area contributed by atoms with Gasteiger partial charge in [0.1, 0.15) is 5.54 Å². The Morgan fingerprint density at radius 3 is 2.47 bits per heavy atom. The molecule has 3 amide bonds. The fourth-order valence-corrected chi connectivity index (χ4v) is 4.95. The first-order chi connectivity index (χ1) is 15.2. The number of urea groups is 1. The molecular formula is C25H27N3O3S. The number of carbonyl (C=O) groups is 3. The fraction of sp³-hybridized carbons (Fsp3) is 0.320. The Morgan fingerprint density at radius 2 is 1.81 bits per heavy atom. The third kappa shape index (κ3) is 3.88. The average molecular weight is 450 g/mol. The van der Waals surface area contributed by atoms with Gasteiger partial charge in [-0.2, -0.15) is 0 Å². The molecule has 0 saturated carbocycles. The number of aryl methyl sites for hydroxylation is 3. The Hall–Kier alpha value is -3.19. The van der Waals surface area contributed by atoms with E-state index in [1.807, 2.05) is 57.2 Å². The molecule has 7 heteroatoms. The minimum Gasteiger partial charge on any atom is -0.348 e. The zero-order valence-corrected chi connectivity index (χ0v) is 19.6. The van der Waals surface area contributed by atoms with Gasteiger partial charge >= 0.3 is 6.03 Å². The van der Waals surface area contributed by atoms with Gasteiger partial charge < -0.3 is 9.88 Å². The first-order valence-corrected chi connectivity index (χ1v) is 11.5. The summed E-state index contributed by atoms with van der Waals surface area (Å²) in [5, 5.41) is 4.83. The van der Waals surface area contributed by atoms with Crippen molar-refractivity contribution < 1.29 is 14.4 Å². The summed E-state index contributed by atoms with van der Waals surface area (Å²) >= 11 is 1.72. The predicted octanol–water partition coefficient (Wildman–Crippen LogP) is 4.37. The topological polar surface area (TPSA) is 71.4 Å². The molecule has 3 aromatic rings. The summed E-state index contributed by atoms with van der Waals surface area (Å²) < 4.78 is 2.12. The van der Waals surface area contributed by atoms with Gasteiger partial charge in [0, 0.05) is 28.4 Å². The molecule has 1 fully saturated rings. The van der Waals surface area contributed by atoms with Crippen LogP contribution in [-0.2, 0) is 23.3 Å². The van der Waals surface area contributed by atoms with Crippen molar-refractivity contribution in [1.82, 2.24) is 14.8 Å². The summed E-state index contributed by atoms with van der Waals surface area (Å²) in [5.74, 6) is -0.650. The summed E-state index contributed by atoms with van der Waals surface area (Å²) in [7, 11) is 0. The predicted molar refractivity (Wildman–Crippen MR) is 125 cm³/mol. The minimum absolute atomic E-state index is 0.239. The number of nitrogens with one attached hydrogen (secondary N) is 1. The molecule has 0 radical (unpaired) electrons.